The number of ether oxygens (including phenoxy) is 1. The van der Waals surface area contributed by atoms with Crippen LogP contribution in [0.5, 0.6) is 0 Å². The highest BCUT2D eigenvalue weighted by molar-refractivity contribution is 7.07. The van der Waals surface area contributed by atoms with Crippen LogP contribution in [-0.4, -0.2) is 66.3 Å². The molecule has 0 spiro atoms. The molecule has 1 saturated carbocycles. The van der Waals surface area contributed by atoms with Crippen molar-refractivity contribution in [2.24, 2.45) is 17.8 Å². The van der Waals surface area contributed by atoms with Crippen molar-refractivity contribution in [2.45, 2.75) is 44.6 Å². The Morgan fingerprint density at radius 3 is 2.86 bits per heavy atom. The number of carbonyl (C=O) groups excluding carboxylic acids is 1. The van der Waals surface area contributed by atoms with Gasteiger partial charge in [-0.3, -0.25) is 9.59 Å². The first-order valence-electron chi connectivity index (χ1n) is 10.3. The molecule has 7 nitrogen and oxygen atoms in total. The molecule has 3 heterocycles. The van der Waals surface area contributed by atoms with E-state index in [0.717, 1.165) is 19.1 Å². The number of likely N-dealkylation sites (tertiary alicyclic amines) is 1. The Hall–Kier alpha value is -1.51. The van der Waals surface area contributed by atoms with Crippen molar-refractivity contribution >= 4 is 23.7 Å². The Morgan fingerprint density at radius 2 is 2.14 bits per heavy atom. The Balaban J connectivity index is 0.000000706. The van der Waals surface area contributed by atoms with Crippen molar-refractivity contribution in [1.82, 2.24) is 15.2 Å². The van der Waals surface area contributed by atoms with Crippen molar-refractivity contribution in [3.8, 4) is 0 Å². The Bertz CT molecular complexity index is 607. The minimum absolute atomic E-state index is 0.0804. The number of nitrogens with one attached hydrogen (secondary N) is 1. The number of hydrogen-bond acceptors (Lipinski definition) is 6. The fourth-order valence-electron chi connectivity index (χ4n) is 4.82. The smallest absolute Gasteiger partial charge is 0.290 e. The van der Waals surface area contributed by atoms with Crippen LogP contribution in [0.2, 0.25) is 0 Å². The molecule has 1 aromatic rings. The number of aromatic nitrogens is 1. The van der Waals surface area contributed by atoms with Crippen molar-refractivity contribution in [2.75, 3.05) is 32.8 Å². The van der Waals surface area contributed by atoms with Gasteiger partial charge in [0.25, 0.3) is 12.4 Å². The zero-order valence-corrected chi connectivity index (χ0v) is 17.1. The maximum Gasteiger partial charge on any atom is 0.290 e. The molecule has 8 heteroatoms. The number of piperidine rings is 1. The third kappa shape index (κ3) is 5.75. The Kier molecular flexibility index (Phi) is 8.24. The summed E-state index contributed by atoms with van der Waals surface area (Å²) in [5.41, 5.74) is 2.21. The lowest BCUT2D eigenvalue weighted by Crippen LogP contribution is -2.46. The van der Waals surface area contributed by atoms with Crippen LogP contribution in [0.3, 0.4) is 0 Å². The molecule has 28 heavy (non-hydrogen) atoms. The number of thiazole rings is 1. The topological polar surface area (TPSA) is 91.8 Å². The summed E-state index contributed by atoms with van der Waals surface area (Å²) in [5, 5.41) is 11.7. The molecule has 3 aliphatic rings. The summed E-state index contributed by atoms with van der Waals surface area (Å²) in [6.07, 6.45) is 8.48. The summed E-state index contributed by atoms with van der Waals surface area (Å²) >= 11 is 1.45. The van der Waals surface area contributed by atoms with Gasteiger partial charge in [-0.05, 0) is 37.6 Å². The van der Waals surface area contributed by atoms with Crippen molar-refractivity contribution in [3.05, 3.63) is 16.6 Å². The largest absolute Gasteiger partial charge is 0.483 e. The van der Waals surface area contributed by atoms with E-state index in [2.05, 4.69) is 15.2 Å². The zero-order valence-electron chi connectivity index (χ0n) is 16.3. The van der Waals surface area contributed by atoms with Gasteiger partial charge < -0.3 is 20.1 Å². The average molecular weight is 410 g/mol. The molecule has 0 unspecified atom stereocenters. The highest BCUT2D eigenvalue weighted by atomic mass is 32.1. The van der Waals surface area contributed by atoms with Gasteiger partial charge in [0, 0.05) is 30.9 Å². The van der Waals surface area contributed by atoms with E-state index >= 15 is 0 Å². The van der Waals surface area contributed by atoms with Gasteiger partial charge in [0.1, 0.15) is 5.69 Å². The molecule has 0 radical (unpaired) electrons. The van der Waals surface area contributed by atoms with E-state index in [1.807, 2.05) is 0 Å². The first-order chi connectivity index (χ1) is 13.7. The molecule has 4 rings (SSSR count). The first kappa shape index (κ1) is 21.2. The van der Waals surface area contributed by atoms with Crippen molar-refractivity contribution in [1.29, 1.82) is 0 Å². The van der Waals surface area contributed by atoms with Crippen LogP contribution in [0.15, 0.2) is 10.9 Å². The van der Waals surface area contributed by atoms with E-state index in [1.165, 1.54) is 63.0 Å². The lowest BCUT2D eigenvalue weighted by Gasteiger charge is -2.38. The highest BCUT2D eigenvalue weighted by Gasteiger charge is 2.41. The second-order valence-corrected chi connectivity index (χ2v) is 8.76. The van der Waals surface area contributed by atoms with Crippen LogP contribution in [-0.2, 0) is 9.53 Å². The second-order valence-electron chi connectivity index (χ2n) is 8.04. The normalized spacial score (nSPS) is 28.1. The molecular formula is C20H31N3O4S. The number of rotatable bonds is 5. The number of nitrogens with zero attached hydrogens (tertiary/aromatic N) is 2. The molecule has 1 aliphatic carbocycles. The van der Waals surface area contributed by atoms with E-state index in [0.29, 0.717) is 24.1 Å². The number of carboxylic acid groups (broad SMARTS) is 1. The molecular weight excluding hydrogens is 378 g/mol. The van der Waals surface area contributed by atoms with E-state index in [1.54, 1.807) is 10.9 Å². The molecule has 2 saturated heterocycles. The second kappa shape index (κ2) is 10.9. The molecule has 3 fully saturated rings. The van der Waals surface area contributed by atoms with Crippen LogP contribution in [0.1, 0.15) is 49.0 Å². The summed E-state index contributed by atoms with van der Waals surface area (Å²) in [5.74, 6) is 2.05. The van der Waals surface area contributed by atoms with Crippen molar-refractivity contribution < 1.29 is 19.4 Å². The summed E-state index contributed by atoms with van der Waals surface area (Å²) in [4.78, 5) is 27.2. The van der Waals surface area contributed by atoms with E-state index in [9.17, 15) is 4.79 Å². The number of carbonyl (C=O) groups is 2. The predicted molar refractivity (Wildman–Crippen MR) is 107 cm³/mol. The molecule has 1 aromatic heterocycles. The SMILES string of the molecule is O=C(NC[C@H]1OC[C@@H]2CCN(CC3CCCCC3)C[C@@H]21)c1cscn1.O=CO. The van der Waals surface area contributed by atoms with Gasteiger partial charge in [0.15, 0.2) is 0 Å². The third-order valence-corrected chi connectivity index (χ3v) is 6.85. The average Bonchev–Trinajstić information content (AvgIpc) is 3.38. The van der Waals surface area contributed by atoms with Gasteiger partial charge in [-0.2, -0.15) is 0 Å². The Labute approximate surface area is 170 Å². The van der Waals surface area contributed by atoms with Gasteiger partial charge in [-0.15, -0.1) is 11.3 Å². The molecule has 1 amide bonds. The molecule has 156 valence electrons. The minimum atomic E-state index is -0.250. The van der Waals surface area contributed by atoms with Crippen LogP contribution in [0.25, 0.3) is 0 Å². The zero-order chi connectivity index (χ0) is 19.8. The van der Waals surface area contributed by atoms with Crippen LogP contribution < -0.4 is 5.32 Å². The summed E-state index contributed by atoms with van der Waals surface area (Å²) in [6, 6.07) is 0. The van der Waals surface area contributed by atoms with Crippen molar-refractivity contribution in [3.63, 3.8) is 0 Å². The first-order valence-corrected chi connectivity index (χ1v) is 11.2. The number of fused-ring (bicyclic) bond motifs is 1. The van der Waals surface area contributed by atoms with Crippen LogP contribution in [0, 0.1) is 17.8 Å². The Morgan fingerprint density at radius 1 is 1.36 bits per heavy atom. The van der Waals surface area contributed by atoms with Gasteiger partial charge >= 0.3 is 0 Å². The van der Waals surface area contributed by atoms with E-state index < -0.39 is 0 Å². The lowest BCUT2D eigenvalue weighted by molar-refractivity contribution is -0.122. The number of hydrogen-bond donors (Lipinski definition) is 2. The third-order valence-electron chi connectivity index (χ3n) is 6.26. The quantitative estimate of drug-likeness (QED) is 0.726. The standard InChI is InChI=1S/C19H29N3O2S.CH2O2/c23-19(17-12-25-13-21-17)20-8-18-16-10-22(7-6-15(16)11-24-18)9-14-4-2-1-3-5-14;2-1-3/h12-16,18H,1-11H2,(H,20,23);1H,(H,2,3)/t15-,16-,18+;/m0./s1. The predicted octanol–water partition coefficient (Wildman–Crippen LogP) is 2.49. The summed E-state index contributed by atoms with van der Waals surface area (Å²) < 4.78 is 6.05. The van der Waals surface area contributed by atoms with Crippen LogP contribution in [0.4, 0.5) is 0 Å². The highest BCUT2D eigenvalue weighted by Crippen LogP contribution is 2.35. The lowest BCUT2D eigenvalue weighted by atomic mass is 9.83. The fourth-order valence-corrected chi connectivity index (χ4v) is 5.35. The van der Waals surface area contributed by atoms with E-state index in [4.69, 9.17) is 14.6 Å². The molecule has 0 bridgehead atoms. The molecule has 2 aliphatic heterocycles. The van der Waals surface area contributed by atoms with Gasteiger partial charge in [-0.1, -0.05) is 19.3 Å². The van der Waals surface area contributed by atoms with Gasteiger partial charge in [0.2, 0.25) is 0 Å². The fraction of sp³-hybridized carbons (Fsp3) is 0.750. The maximum atomic E-state index is 12.1. The monoisotopic (exact) mass is 409 g/mol. The molecule has 3 atom stereocenters. The van der Waals surface area contributed by atoms with Crippen LogP contribution >= 0.6 is 11.3 Å². The maximum absolute atomic E-state index is 12.1. The molecule has 0 aromatic carbocycles. The van der Waals surface area contributed by atoms with Gasteiger partial charge in [-0.25, -0.2) is 4.98 Å². The van der Waals surface area contributed by atoms with Gasteiger partial charge in [0.05, 0.1) is 18.2 Å². The summed E-state index contributed by atoms with van der Waals surface area (Å²) in [6.45, 7) is 4.84. The van der Waals surface area contributed by atoms with E-state index in [-0.39, 0.29) is 18.5 Å². The number of amides is 1. The minimum Gasteiger partial charge on any atom is -0.483 e. The molecule has 2 N–H and O–H groups in total. The summed E-state index contributed by atoms with van der Waals surface area (Å²) in [7, 11) is 0.